The number of hydrogen-bond donors (Lipinski definition) is 1. The van der Waals surface area contributed by atoms with Crippen LogP contribution in [0, 0.1) is 5.92 Å². The van der Waals surface area contributed by atoms with Crippen LogP contribution in [0.5, 0.6) is 0 Å². The molecule has 1 aromatic rings. The summed E-state index contributed by atoms with van der Waals surface area (Å²) in [6, 6.07) is 8.14. The second-order valence-corrected chi connectivity index (χ2v) is 6.61. The summed E-state index contributed by atoms with van der Waals surface area (Å²) in [5.41, 5.74) is 2.07. The lowest BCUT2D eigenvalue weighted by Crippen LogP contribution is -2.37. The number of hydrogen-bond acceptors (Lipinski definition) is 3. The van der Waals surface area contributed by atoms with Crippen molar-refractivity contribution in [1.82, 2.24) is 4.90 Å². The van der Waals surface area contributed by atoms with Crippen LogP contribution in [-0.4, -0.2) is 44.5 Å². The van der Waals surface area contributed by atoms with E-state index in [9.17, 15) is 4.79 Å². The van der Waals surface area contributed by atoms with Crippen LogP contribution in [0.4, 0.5) is 11.4 Å². The minimum absolute atomic E-state index is 0.106. The van der Waals surface area contributed by atoms with Gasteiger partial charge in [0.05, 0.1) is 0 Å². The number of amides is 1. The van der Waals surface area contributed by atoms with Gasteiger partial charge in [-0.25, -0.2) is 0 Å². The van der Waals surface area contributed by atoms with Crippen LogP contribution < -0.4 is 10.2 Å². The van der Waals surface area contributed by atoms with E-state index in [1.54, 1.807) is 6.08 Å². The molecular formula is C20H29N3O. The van der Waals surface area contributed by atoms with Crippen LogP contribution in [0.3, 0.4) is 0 Å². The molecule has 24 heavy (non-hydrogen) atoms. The van der Waals surface area contributed by atoms with Crippen LogP contribution in [0.25, 0.3) is 0 Å². The predicted octanol–water partition coefficient (Wildman–Crippen LogP) is 3.54. The standard InChI is InChI=1S/C20H29N3O/c1-4-5-6-7-20(24)21-18-8-10-19(11-9-18)23-14-12-17(13-15-23)16-22(2)3/h4-11,17H,12-16H2,1-3H3,(H,21,24)/b5-4+,7-6-. The molecule has 1 amide bonds. The Balaban J connectivity index is 1.85. The summed E-state index contributed by atoms with van der Waals surface area (Å²) in [6.45, 7) is 5.32. The molecule has 0 radical (unpaired) electrons. The Morgan fingerprint density at radius 2 is 1.88 bits per heavy atom. The van der Waals surface area contributed by atoms with Gasteiger partial charge >= 0.3 is 0 Å². The highest BCUT2D eigenvalue weighted by Crippen LogP contribution is 2.24. The average molecular weight is 327 g/mol. The Kier molecular flexibility index (Phi) is 7.07. The molecule has 4 heteroatoms. The minimum atomic E-state index is -0.106. The first-order chi connectivity index (χ1) is 11.6. The molecule has 1 fully saturated rings. The fraction of sp³-hybridized carbons (Fsp3) is 0.450. The van der Waals surface area contributed by atoms with E-state index in [4.69, 9.17) is 0 Å². The van der Waals surface area contributed by atoms with Crippen LogP contribution in [0.2, 0.25) is 0 Å². The number of carbonyl (C=O) groups is 1. The smallest absolute Gasteiger partial charge is 0.248 e. The zero-order valence-electron chi connectivity index (χ0n) is 15.0. The van der Waals surface area contributed by atoms with Crippen molar-refractivity contribution in [1.29, 1.82) is 0 Å². The molecule has 1 aliphatic heterocycles. The molecule has 1 N–H and O–H groups in total. The van der Waals surface area contributed by atoms with E-state index in [-0.39, 0.29) is 5.91 Å². The molecule has 0 spiro atoms. The van der Waals surface area contributed by atoms with Crippen molar-refractivity contribution in [2.24, 2.45) is 5.92 Å². The number of piperidine rings is 1. The van der Waals surface area contributed by atoms with Crippen molar-refractivity contribution < 1.29 is 4.79 Å². The third kappa shape index (κ3) is 5.85. The van der Waals surface area contributed by atoms with Crippen molar-refractivity contribution in [3.05, 3.63) is 48.6 Å². The predicted molar refractivity (Wildman–Crippen MR) is 103 cm³/mol. The maximum Gasteiger partial charge on any atom is 0.248 e. The highest BCUT2D eigenvalue weighted by Gasteiger charge is 2.19. The van der Waals surface area contributed by atoms with Gasteiger partial charge < -0.3 is 15.1 Å². The third-order valence-electron chi connectivity index (χ3n) is 4.29. The largest absolute Gasteiger partial charge is 0.372 e. The zero-order valence-corrected chi connectivity index (χ0v) is 15.0. The Hall–Kier alpha value is -2.07. The topological polar surface area (TPSA) is 35.6 Å². The first kappa shape index (κ1) is 18.3. The van der Waals surface area contributed by atoms with E-state index in [2.05, 4.69) is 41.3 Å². The molecule has 2 rings (SSSR count). The maximum atomic E-state index is 11.8. The molecule has 0 atom stereocenters. The average Bonchev–Trinajstić information content (AvgIpc) is 2.56. The van der Waals surface area contributed by atoms with Crippen molar-refractivity contribution in [2.75, 3.05) is 43.9 Å². The van der Waals surface area contributed by atoms with E-state index in [0.717, 1.165) is 24.7 Å². The molecule has 0 aliphatic carbocycles. The lowest BCUT2D eigenvalue weighted by atomic mass is 9.96. The second-order valence-electron chi connectivity index (χ2n) is 6.61. The molecule has 130 valence electrons. The third-order valence-corrected chi connectivity index (χ3v) is 4.29. The Morgan fingerprint density at radius 3 is 2.46 bits per heavy atom. The van der Waals surface area contributed by atoms with Crippen molar-refractivity contribution in [2.45, 2.75) is 19.8 Å². The van der Waals surface area contributed by atoms with E-state index < -0.39 is 0 Å². The van der Waals surface area contributed by atoms with Crippen molar-refractivity contribution in [3.8, 4) is 0 Å². The van der Waals surface area contributed by atoms with Gasteiger partial charge in [-0.1, -0.05) is 18.2 Å². The van der Waals surface area contributed by atoms with E-state index in [1.807, 2.05) is 31.2 Å². The van der Waals surface area contributed by atoms with Gasteiger partial charge in [0.2, 0.25) is 5.91 Å². The van der Waals surface area contributed by atoms with Gasteiger partial charge in [-0.3, -0.25) is 4.79 Å². The highest BCUT2D eigenvalue weighted by molar-refractivity contribution is 5.99. The Labute approximate surface area is 145 Å². The SMILES string of the molecule is C/C=C/C=C\C(=O)Nc1ccc(N2CCC(CN(C)C)CC2)cc1. The van der Waals surface area contributed by atoms with Gasteiger partial charge in [0.25, 0.3) is 0 Å². The number of anilines is 2. The summed E-state index contributed by atoms with van der Waals surface area (Å²) in [5, 5.41) is 2.88. The lowest BCUT2D eigenvalue weighted by molar-refractivity contribution is -0.111. The van der Waals surface area contributed by atoms with Crippen LogP contribution in [0.15, 0.2) is 48.6 Å². The van der Waals surface area contributed by atoms with Gasteiger partial charge in [0, 0.05) is 37.1 Å². The van der Waals surface area contributed by atoms with Gasteiger partial charge in [-0.05, 0) is 64.0 Å². The molecule has 4 nitrogen and oxygen atoms in total. The van der Waals surface area contributed by atoms with Crippen molar-refractivity contribution >= 4 is 17.3 Å². The number of nitrogens with one attached hydrogen (secondary N) is 1. The van der Waals surface area contributed by atoms with Crippen LogP contribution in [0.1, 0.15) is 19.8 Å². The molecule has 0 bridgehead atoms. The van der Waals surface area contributed by atoms with Crippen molar-refractivity contribution in [3.63, 3.8) is 0 Å². The molecule has 0 aromatic heterocycles. The van der Waals surface area contributed by atoms with Gasteiger partial charge in [0.15, 0.2) is 0 Å². The molecule has 1 heterocycles. The summed E-state index contributed by atoms with van der Waals surface area (Å²) in [6.07, 6.45) is 9.48. The molecular weight excluding hydrogens is 298 g/mol. The zero-order chi connectivity index (χ0) is 17.4. The fourth-order valence-electron chi connectivity index (χ4n) is 3.08. The summed E-state index contributed by atoms with van der Waals surface area (Å²) in [4.78, 5) is 16.5. The normalized spacial score (nSPS) is 16.4. The molecule has 1 aromatic carbocycles. The Morgan fingerprint density at radius 1 is 1.21 bits per heavy atom. The Bertz CT molecular complexity index is 567. The molecule has 1 saturated heterocycles. The quantitative estimate of drug-likeness (QED) is 0.641. The van der Waals surface area contributed by atoms with Crippen LogP contribution in [-0.2, 0) is 4.79 Å². The van der Waals surface area contributed by atoms with E-state index in [0.29, 0.717) is 0 Å². The summed E-state index contributed by atoms with van der Waals surface area (Å²) in [5.74, 6) is 0.698. The summed E-state index contributed by atoms with van der Waals surface area (Å²) < 4.78 is 0. The number of nitrogens with zero attached hydrogens (tertiary/aromatic N) is 2. The maximum absolute atomic E-state index is 11.8. The molecule has 0 unspecified atom stereocenters. The number of rotatable bonds is 6. The number of carbonyl (C=O) groups excluding carboxylic acids is 1. The van der Waals surface area contributed by atoms with Crippen LogP contribution >= 0.6 is 0 Å². The number of allylic oxidation sites excluding steroid dienone is 3. The van der Waals surface area contributed by atoms with E-state index >= 15 is 0 Å². The number of benzene rings is 1. The lowest BCUT2D eigenvalue weighted by Gasteiger charge is -2.34. The first-order valence-corrected chi connectivity index (χ1v) is 8.68. The molecule has 0 saturated carbocycles. The van der Waals surface area contributed by atoms with Gasteiger partial charge in [-0.2, -0.15) is 0 Å². The van der Waals surface area contributed by atoms with Gasteiger partial charge in [0.1, 0.15) is 0 Å². The monoisotopic (exact) mass is 327 g/mol. The fourth-order valence-corrected chi connectivity index (χ4v) is 3.08. The second kappa shape index (κ2) is 9.28. The summed E-state index contributed by atoms with van der Waals surface area (Å²) in [7, 11) is 4.29. The minimum Gasteiger partial charge on any atom is -0.372 e. The molecule has 1 aliphatic rings. The first-order valence-electron chi connectivity index (χ1n) is 8.68. The van der Waals surface area contributed by atoms with E-state index in [1.165, 1.54) is 31.1 Å². The highest BCUT2D eigenvalue weighted by atomic mass is 16.1. The summed E-state index contributed by atoms with van der Waals surface area (Å²) >= 11 is 0. The van der Waals surface area contributed by atoms with Gasteiger partial charge in [-0.15, -0.1) is 0 Å².